The van der Waals surface area contributed by atoms with Crippen molar-refractivity contribution in [2.75, 3.05) is 0 Å². The Balaban J connectivity index is 2.75. The van der Waals surface area contributed by atoms with Crippen molar-refractivity contribution in [3.63, 3.8) is 0 Å². The van der Waals surface area contributed by atoms with E-state index in [-0.39, 0.29) is 23.6 Å². The van der Waals surface area contributed by atoms with Crippen LogP contribution in [0.1, 0.15) is 25.5 Å². The molecule has 8 heteroatoms. The summed E-state index contributed by atoms with van der Waals surface area (Å²) >= 11 is 0. The van der Waals surface area contributed by atoms with Crippen molar-refractivity contribution >= 4 is 20.5 Å². The van der Waals surface area contributed by atoms with Crippen LogP contribution in [0, 0.1) is 11.6 Å². The molecule has 122 valence electrons. The third-order valence-corrected chi connectivity index (χ3v) is 3.55. The van der Waals surface area contributed by atoms with Gasteiger partial charge in [-0.2, -0.15) is 5.10 Å². The van der Waals surface area contributed by atoms with Crippen molar-refractivity contribution in [2.45, 2.75) is 26.3 Å². The number of nitrogens with two attached hydrogens (primary N) is 1. The zero-order valence-corrected chi connectivity index (χ0v) is 13.8. The average Bonchev–Trinajstić information content (AvgIpc) is 2.44. The summed E-state index contributed by atoms with van der Waals surface area (Å²) in [6.45, 7) is 3.22. The molecule has 1 aromatic heterocycles. The largest absolute Gasteiger partial charge is 0.368 e. The molecule has 1 unspecified atom stereocenters. The van der Waals surface area contributed by atoms with Crippen molar-refractivity contribution in [3.05, 3.63) is 45.9 Å². The number of primary amides is 1. The number of halogens is 2. The molecule has 0 fully saturated rings. The van der Waals surface area contributed by atoms with Crippen molar-refractivity contribution in [3.8, 4) is 11.1 Å². The molecule has 0 spiro atoms. The molecule has 0 radical (unpaired) electrons. The molecule has 0 aliphatic carbocycles. The van der Waals surface area contributed by atoms with E-state index in [4.69, 9.17) is 5.73 Å². The molecule has 1 aromatic carbocycles. The lowest BCUT2D eigenvalue weighted by Crippen LogP contribution is -2.31. The summed E-state index contributed by atoms with van der Waals surface area (Å²) in [7, 11) is 2.28. The van der Waals surface area contributed by atoms with Gasteiger partial charge in [0, 0.05) is 17.2 Å². The second-order valence-electron chi connectivity index (χ2n) is 5.42. The summed E-state index contributed by atoms with van der Waals surface area (Å²) in [5, 5.41) is 4.54. The molecular weight excluding hydrogens is 323 g/mol. The highest BCUT2D eigenvalue weighted by Gasteiger charge is 2.19. The topological polar surface area (TPSA) is 78.0 Å². The molecule has 0 bridgehead atoms. The summed E-state index contributed by atoms with van der Waals surface area (Å²) < 4.78 is 28.7. The van der Waals surface area contributed by atoms with Gasteiger partial charge in [0.2, 0.25) is 5.91 Å². The second-order valence-corrected chi connectivity index (χ2v) is 6.09. The number of hydrogen-bond acceptors (Lipinski definition) is 3. The van der Waals surface area contributed by atoms with Gasteiger partial charge >= 0.3 is 0 Å². The van der Waals surface area contributed by atoms with E-state index in [0.29, 0.717) is 11.0 Å². The summed E-state index contributed by atoms with van der Waals surface area (Å²) in [5.74, 6) is -2.96. The molecule has 1 amide bonds. The van der Waals surface area contributed by atoms with Crippen LogP contribution in [0.4, 0.5) is 8.78 Å². The number of amides is 1. The Morgan fingerprint density at radius 2 is 1.96 bits per heavy atom. The summed E-state index contributed by atoms with van der Waals surface area (Å²) in [5.41, 5.74) is 5.00. The lowest BCUT2D eigenvalue weighted by Gasteiger charge is -2.15. The smallest absolute Gasteiger partial charge is 0.267 e. The maximum atomic E-state index is 14.2. The predicted molar refractivity (Wildman–Crippen MR) is 86.5 cm³/mol. The van der Waals surface area contributed by atoms with E-state index in [0.717, 1.165) is 16.8 Å². The Morgan fingerprint density at radius 1 is 1.30 bits per heavy atom. The fourth-order valence-corrected chi connectivity index (χ4v) is 2.53. The van der Waals surface area contributed by atoms with Gasteiger partial charge in [-0.3, -0.25) is 9.59 Å². The number of carbonyl (C=O) groups excluding carboxylic acids is 1. The molecule has 2 N–H and O–H groups in total. The maximum absolute atomic E-state index is 14.2. The van der Waals surface area contributed by atoms with Gasteiger partial charge in [0.25, 0.3) is 5.56 Å². The normalized spacial score (nSPS) is 11.0. The van der Waals surface area contributed by atoms with Crippen LogP contribution < -0.4 is 16.6 Å². The lowest BCUT2D eigenvalue weighted by molar-refractivity contribution is -0.118. The van der Waals surface area contributed by atoms with Crippen LogP contribution in [0.2, 0.25) is 0 Å². The minimum absolute atomic E-state index is 0.0467. The van der Waals surface area contributed by atoms with Gasteiger partial charge < -0.3 is 5.73 Å². The molecular formula is C15H16F2N3O2P. The van der Waals surface area contributed by atoms with Crippen LogP contribution >= 0.6 is 9.24 Å². The van der Waals surface area contributed by atoms with E-state index >= 15 is 0 Å². The number of benzene rings is 1. The molecule has 1 atom stereocenters. The Hall–Kier alpha value is -2.14. The average molecular weight is 339 g/mol. The molecule has 1 heterocycles. The lowest BCUT2D eigenvalue weighted by atomic mass is 9.98. The highest BCUT2D eigenvalue weighted by molar-refractivity contribution is 7.27. The van der Waals surface area contributed by atoms with Gasteiger partial charge in [0.15, 0.2) is 11.6 Å². The number of hydrogen-bond donors (Lipinski definition) is 1. The first-order valence-corrected chi connectivity index (χ1v) is 7.43. The van der Waals surface area contributed by atoms with Crippen LogP contribution in [-0.2, 0) is 11.3 Å². The number of nitrogens with zero attached hydrogens (tertiary/aromatic N) is 2. The Labute approximate surface area is 133 Å². The highest BCUT2D eigenvalue weighted by Crippen LogP contribution is 2.29. The Bertz CT molecular complexity index is 834. The maximum Gasteiger partial charge on any atom is 0.267 e. The molecule has 5 nitrogen and oxygen atoms in total. The summed E-state index contributed by atoms with van der Waals surface area (Å²) in [6.07, 6.45) is 0. The van der Waals surface area contributed by atoms with Crippen LogP contribution in [0.25, 0.3) is 11.1 Å². The fourth-order valence-electron chi connectivity index (χ4n) is 2.21. The van der Waals surface area contributed by atoms with Gasteiger partial charge in [-0.05, 0) is 23.4 Å². The zero-order valence-electron chi connectivity index (χ0n) is 12.6. The minimum Gasteiger partial charge on any atom is -0.368 e. The van der Waals surface area contributed by atoms with E-state index in [1.807, 2.05) is 0 Å². The number of rotatable bonds is 4. The Morgan fingerprint density at radius 3 is 2.52 bits per heavy atom. The molecule has 2 rings (SSSR count). The van der Waals surface area contributed by atoms with E-state index in [1.54, 1.807) is 13.8 Å². The van der Waals surface area contributed by atoms with E-state index in [2.05, 4.69) is 14.3 Å². The SMILES string of the molecule is CC(C)c1nn(CC(N)=O)c(=O)cc1-c1cc(P)cc(F)c1F. The highest BCUT2D eigenvalue weighted by atomic mass is 31.0. The van der Waals surface area contributed by atoms with E-state index in [9.17, 15) is 18.4 Å². The van der Waals surface area contributed by atoms with Crippen LogP contribution in [0.3, 0.4) is 0 Å². The molecule has 0 saturated carbocycles. The second kappa shape index (κ2) is 6.54. The van der Waals surface area contributed by atoms with Crippen molar-refractivity contribution in [2.24, 2.45) is 5.73 Å². The van der Waals surface area contributed by atoms with E-state index < -0.39 is 23.1 Å². The minimum atomic E-state index is -1.05. The molecule has 2 aromatic rings. The monoisotopic (exact) mass is 339 g/mol. The molecule has 23 heavy (non-hydrogen) atoms. The predicted octanol–water partition coefficient (Wildman–Crippen LogP) is 1.30. The van der Waals surface area contributed by atoms with Gasteiger partial charge in [-0.1, -0.05) is 13.8 Å². The molecule has 0 aliphatic rings. The first-order valence-electron chi connectivity index (χ1n) is 6.86. The summed E-state index contributed by atoms with van der Waals surface area (Å²) in [4.78, 5) is 23.1. The zero-order chi connectivity index (χ0) is 17.3. The third kappa shape index (κ3) is 3.62. The van der Waals surface area contributed by atoms with Crippen molar-refractivity contribution in [1.82, 2.24) is 9.78 Å². The third-order valence-electron chi connectivity index (χ3n) is 3.22. The number of aromatic nitrogens is 2. The van der Waals surface area contributed by atoms with E-state index in [1.165, 1.54) is 6.07 Å². The van der Waals surface area contributed by atoms with Crippen LogP contribution in [0.5, 0.6) is 0 Å². The number of carbonyl (C=O) groups is 1. The summed E-state index contributed by atoms with van der Waals surface area (Å²) in [6, 6.07) is 3.61. The quantitative estimate of drug-likeness (QED) is 0.853. The first-order chi connectivity index (χ1) is 10.7. The van der Waals surface area contributed by atoms with Gasteiger partial charge in [0.05, 0.1) is 5.69 Å². The van der Waals surface area contributed by atoms with Gasteiger partial charge in [-0.25, -0.2) is 13.5 Å². The van der Waals surface area contributed by atoms with Crippen LogP contribution in [-0.4, -0.2) is 15.7 Å². The molecule has 0 aliphatic heterocycles. The van der Waals surface area contributed by atoms with Gasteiger partial charge in [-0.15, -0.1) is 9.24 Å². The van der Waals surface area contributed by atoms with Crippen LogP contribution in [0.15, 0.2) is 23.0 Å². The first kappa shape index (κ1) is 17.2. The molecule has 0 saturated heterocycles. The van der Waals surface area contributed by atoms with Crippen molar-refractivity contribution < 1.29 is 13.6 Å². The fraction of sp³-hybridized carbons (Fsp3) is 0.267. The standard InChI is InChI=1S/C15H16F2N3O2P/c1-7(2)15-10(5-13(22)20(19-15)6-12(18)21)9-3-8(23)4-11(16)14(9)17/h3-5,7H,6,23H2,1-2H3,(H2,18,21). The van der Waals surface area contributed by atoms with Gasteiger partial charge in [0.1, 0.15) is 6.54 Å². The van der Waals surface area contributed by atoms with Crippen molar-refractivity contribution in [1.29, 1.82) is 0 Å². The Kier molecular flexibility index (Phi) is 4.90.